The third-order valence-electron chi connectivity index (χ3n) is 9.09. The van der Waals surface area contributed by atoms with Gasteiger partial charge in [0, 0.05) is 12.5 Å². The van der Waals surface area contributed by atoms with Crippen molar-refractivity contribution in [2.24, 2.45) is 0 Å². The first-order chi connectivity index (χ1) is 23.6. The smallest absolute Gasteiger partial charge is 0.229 e. The van der Waals surface area contributed by atoms with Crippen LogP contribution in [-0.2, 0) is 25.4 Å². The molecule has 12 N–H and O–H groups in total. The highest BCUT2D eigenvalue weighted by Crippen LogP contribution is 2.46. The van der Waals surface area contributed by atoms with E-state index in [1.165, 1.54) is 19.1 Å². The quantitative estimate of drug-likeness (QED) is 0.108. The molecule has 3 saturated heterocycles. The first-order valence-electron chi connectivity index (χ1n) is 15.8. The third kappa shape index (κ3) is 7.53. The molecule has 2 aromatic carbocycles. The van der Waals surface area contributed by atoms with Gasteiger partial charge in [0.1, 0.15) is 89.6 Å². The van der Waals surface area contributed by atoms with Crippen LogP contribution in [0.4, 0.5) is 0 Å². The number of ketones is 1. The van der Waals surface area contributed by atoms with Gasteiger partial charge in [0.25, 0.3) is 0 Å². The van der Waals surface area contributed by atoms with Crippen LogP contribution in [0.3, 0.4) is 0 Å². The Kier molecular flexibility index (Phi) is 11.8. The molecular formula is C32H42O18. The molecule has 18 nitrogen and oxygen atoms in total. The highest BCUT2D eigenvalue weighted by molar-refractivity contribution is 6.02. The maximum atomic E-state index is 13.8. The summed E-state index contributed by atoms with van der Waals surface area (Å²) in [7, 11) is 0. The second-order valence-corrected chi connectivity index (χ2v) is 12.5. The lowest BCUT2D eigenvalue weighted by Crippen LogP contribution is -2.64. The number of carbonyl (C=O) groups is 1. The summed E-state index contributed by atoms with van der Waals surface area (Å²) in [5, 5.41) is 125. The zero-order chi connectivity index (χ0) is 36.6. The molecule has 18 heteroatoms. The topological polar surface area (TPSA) is 306 Å². The second-order valence-electron chi connectivity index (χ2n) is 12.5. The first kappa shape index (κ1) is 38.0. The minimum atomic E-state index is -1.93. The molecule has 0 amide bonds. The normalized spacial score (nSPS) is 37.7. The summed E-state index contributed by atoms with van der Waals surface area (Å²) >= 11 is 0. The lowest BCUT2D eigenvalue weighted by Gasteiger charge is -2.45. The molecule has 50 heavy (non-hydrogen) atoms. The van der Waals surface area contributed by atoms with E-state index in [-0.39, 0.29) is 18.6 Å². The van der Waals surface area contributed by atoms with E-state index in [0.29, 0.717) is 5.56 Å². The van der Waals surface area contributed by atoms with Crippen molar-refractivity contribution in [2.45, 2.75) is 106 Å². The van der Waals surface area contributed by atoms with Gasteiger partial charge >= 0.3 is 0 Å². The molecule has 2 aromatic rings. The molecule has 3 aliphatic heterocycles. The van der Waals surface area contributed by atoms with Crippen LogP contribution >= 0.6 is 0 Å². The van der Waals surface area contributed by atoms with Crippen LogP contribution in [0.5, 0.6) is 23.0 Å². The summed E-state index contributed by atoms with van der Waals surface area (Å²) in [5.74, 6) is -3.07. The van der Waals surface area contributed by atoms with E-state index in [4.69, 9.17) is 23.7 Å². The number of aromatic hydroxyl groups is 3. The molecule has 0 unspecified atom stereocenters. The molecule has 0 spiro atoms. The highest BCUT2D eigenvalue weighted by Gasteiger charge is 2.51. The van der Waals surface area contributed by atoms with Gasteiger partial charge in [-0.2, -0.15) is 0 Å². The largest absolute Gasteiger partial charge is 0.508 e. The number of phenols is 3. The summed E-state index contributed by atoms with van der Waals surface area (Å²) < 4.78 is 28.1. The summed E-state index contributed by atoms with van der Waals surface area (Å²) in [6, 6.07) is 6.80. The van der Waals surface area contributed by atoms with Crippen molar-refractivity contribution in [3.05, 3.63) is 47.0 Å². The van der Waals surface area contributed by atoms with Crippen molar-refractivity contribution < 1.29 is 89.8 Å². The van der Waals surface area contributed by atoms with Gasteiger partial charge < -0.3 is 85.0 Å². The Labute approximate surface area is 284 Å². The number of Topliss-reactive ketones (excluding diaryl/α,β-unsaturated/α-hetero) is 1. The predicted octanol–water partition coefficient (Wildman–Crippen LogP) is -3.20. The lowest BCUT2D eigenvalue weighted by molar-refractivity contribution is -0.355. The van der Waals surface area contributed by atoms with Crippen LogP contribution in [0.25, 0.3) is 0 Å². The van der Waals surface area contributed by atoms with Gasteiger partial charge in [0.15, 0.2) is 18.2 Å². The second kappa shape index (κ2) is 15.6. The predicted molar refractivity (Wildman–Crippen MR) is 163 cm³/mol. The summed E-state index contributed by atoms with van der Waals surface area (Å²) in [4.78, 5) is 13.8. The lowest BCUT2D eigenvalue weighted by atomic mass is 9.90. The van der Waals surface area contributed by atoms with Gasteiger partial charge in [0.2, 0.25) is 6.29 Å². The summed E-state index contributed by atoms with van der Waals surface area (Å²) in [6.45, 7) is 0.0524. The average molecular weight is 715 g/mol. The third-order valence-corrected chi connectivity index (χ3v) is 9.09. The van der Waals surface area contributed by atoms with Crippen molar-refractivity contribution in [1.82, 2.24) is 0 Å². The van der Waals surface area contributed by atoms with Gasteiger partial charge in [-0.1, -0.05) is 12.1 Å². The van der Waals surface area contributed by atoms with Crippen LogP contribution in [0.2, 0.25) is 0 Å². The standard InChI is InChI=1S/C32H42O18/c1-11-21(38)26(43)30(50-31-28(45)25(42)23(40)18(9-33)49-31)32(47-11)48-17-8-15(36)20(29-27(44)22(39)16(37)10-46-29)24(41)19(17)14(35)7-4-12-2-5-13(34)6-3-12/h2-3,5-6,8,11,16,18,21-23,25-34,36-45H,4,7,9-10H2,1H3/t11-,16+,18-,21+,22+,23-,25+,26+,27-,28-,29-,30-,31+,32+/m0/s1. The molecular weight excluding hydrogens is 672 g/mol. The van der Waals surface area contributed by atoms with E-state index in [0.717, 1.165) is 6.07 Å². The Hall–Kier alpha value is -3.21. The van der Waals surface area contributed by atoms with E-state index >= 15 is 0 Å². The van der Waals surface area contributed by atoms with Crippen molar-refractivity contribution in [2.75, 3.05) is 13.2 Å². The molecule has 0 aliphatic carbocycles. The van der Waals surface area contributed by atoms with E-state index in [1.807, 2.05) is 0 Å². The maximum absolute atomic E-state index is 13.8. The Morgan fingerprint density at radius 2 is 1.50 bits per heavy atom. The fourth-order valence-electron chi connectivity index (χ4n) is 6.10. The minimum Gasteiger partial charge on any atom is -0.508 e. The fraction of sp³-hybridized carbons (Fsp3) is 0.594. The summed E-state index contributed by atoms with van der Waals surface area (Å²) in [6.07, 6.45) is -23.9. The van der Waals surface area contributed by atoms with Gasteiger partial charge in [0.05, 0.1) is 24.9 Å². The average Bonchev–Trinajstić information content (AvgIpc) is 3.08. The Balaban J connectivity index is 1.52. The van der Waals surface area contributed by atoms with Gasteiger partial charge in [-0.15, -0.1) is 0 Å². The number of phenolic OH excluding ortho intramolecular Hbond substituents is 3. The number of aryl methyl sites for hydroxylation is 1. The molecule has 0 aromatic heterocycles. The number of carbonyl (C=O) groups excluding carboxylic acids is 1. The Morgan fingerprint density at radius 3 is 2.16 bits per heavy atom. The van der Waals surface area contributed by atoms with Crippen molar-refractivity contribution in [3.8, 4) is 23.0 Å². The van der Waals surface area contributed by atoms with Crippen LogP contribution < -0.4 is 4.74 Å². The molecule has 0 bridgehead atoms. The Bertz CT molecular complexity index is 1470. The number of benzene rings is 2. The molecule has 5 rings (SSSR count). The van der Waals surface area contributed by atoms with E-state index < -0.39 is 133 Å². The molecule has 278 valence electrons. The molecule has 3 aliphatic rings. The van der Waals surface area contributed by atoms with E-state index in [1.54, 1.807) is 12.1 Å². The Morgan fingerprint density at radius 1 is 0.820 bits per heavy atom. The zero-order valence-electron chi connectivity index (χ0n) is 26.6. The fourth-order valence-corrected chi connectivity index (χ4v) is 6.10. The monoisotopic (exact) mass is 714 g/mol. The van der Waals surface area contributed by atoms with Crippen LogP contribution in [0.15, 0.2) is 30.3 Å². The number of rotatable bonds is 10. The molecule has 3 heterocycles. The number of ether oxygens (including phenoxy) is 5. The molecule has 14 atom stereocenters. The van der Waals surface area contributed by atoms with Crippen molar-refractivity contribution in [3.63, 3.8) is 0 Å². The first-order valence-corrected chi connectivity index (χ1v) is 15.8. The molecule has 0 saturated carbocycles. The van der Waals surface area contributed by atoms with Gasteiger partial charge in [-0.05, 0) is 31.0 Å². The molecule has 3 fully saturated rings. The number of aliphatic hydroxyl groups is 9. The maximum Gasteiger partial charge on any atom is 0.229 e. The number of hydrogen-bond donors (Lipinski definition) is 12. The highest BCUT2D eigenvalue weighted by atomic mass is 16.8. The van der Waals surface area contributed by atoms with Crippen LogP contribution in [0, 0.1) is 0 Å². The van der Waals surface area contributed by atoms with E-state index in [9.17, 15) is 66.1 Å². The van der Waals surface area contributed by atoms with Gasteiger partial charge in [-0.25, -0.2) is 0 Å². The molecule has 0 radical (unpaired) electrons. The van der Waals surface area contributed by atoms with Crippen LogP contribution in [0.1, 0.15) is 40.9 Å². The number of aliphatic hydroxyl groups excluding tert-OH is 9. The SMILES string of the molecule is C[C@@H]1O[C@H](Oc2cc(O)c([C@@H]3OC[C@@H](O)[C@@H](O)[C@@H]3O)c(O)c2C(=O)CCc2ccc(O)cc2)[C@@H](O[C@H]2O[C@@H](CO)[C@H](O)[C@@H](O)[C@@H]2O)[C@H](O)[C@@H]1O. The minimum absolute atomic E-state index is 0.00978. The van der Waals surface area contributed by atoms with Crippen molar-refractivity contribution in [1.29, 1.82) is 0 Å². The van der Waals surface area contributed by atoms with Crippen LogP contribution in [-0.4, -0.2) is 160 Å². The van der Waals surface area contributed by atoms with Gasteiger partial charge in [-0.3, -0.25) is 4.79 Å². The van der Waals surface area contributed by atoms with E-state index in [2.05, 4.69) is 0 Å². The number of hydrogen-bond acceptors (Lipinski definition) is 18. The summed E-state index contributed by atoms with van der Waals surface area (Å²) in [5.41, 5.74) is -0.475. The van der Waals surface area contributed by atoms with Crippen molar-refractivity contribution >= 4 is 5.78 Å². The zero-order valence-corrected chi connectivity index (χ0v) is 26.6.